The Hall–Kier alpha value is -2.54. The molecule has 5 nitrogen and oxygen atoms in total. The van der Waals surface area contributed by atoms with Crippen LogP contribution in [0.25, 0.3) is 10.2 Å². The highest BCUT2D eigenvalue weighted by Gasteiger charge is 2.28. The van der Waals surface area contributed by atoms with Gasteiger partial charge in [-0.15, -0.1) is 11.3 Å². The van der Waals surface area contributed by atoms with Crippen molar-refractivity contribution in [2.45, 2.75) is 33.1 Å². The second-order valence-electron chi connectivity index (χ2n) is 8.42. The van der Waals surface area contributed by atoms with E-state index in [9.17, 15) is 9.18 Å². The number of halogens is 1. The molecule has 1 aromatic carbocycles. The standard InChI is InChI=1S/C23H25FN4OS/c1-14-6-7-18-19(12-14)30-22-20(18)21(25-15(2)26-22)27-8-10-28(11-9-27)23(29)16-4-3-5-17(24)13-16/h3-5,13-14H,6-12H2,1-2H3. The summed E-state index contributed by atoms with van der Waals surface area (Å²) >= 11 is 1.82. The molecule has 0 saturated carbocycles. The number of aromatic nitrogens is 2. The van der Waals surface area contributed by atoms with Crippen molar-refractivity contribution >= 4 is 33.3 Å². The quantitative estimate of drug-likeness (QED) is 0.618. The first-order valence-corrected chi connectivity index (χ1v) is 11.4. The molecule has 156 valence electrons. The predicted molar refractivity (Wildman–Crippen MR) is 118 cm³/mol. The molecule has 7 heteroatoms. The van der Waals surface area contributed by atoms with Crippen molar-refractivity contribution in [1.29, 1.82) is 0 Å². The number of hydrogen-bond donors (Lipinski definition) is 0. The van der Waals surface area contributed by atoms with E-state index < -0.39 is 0 Å². The highest BCUT2D eigenvalue weighted by Crippen LogP contribution is 2.41. The van der Waals surface area contributed by atoms with E-state index in [0.717, 1.165) is 35.2 Å². The first-order valence-electron chi connectivity index (χ1n) is 10.6. The van der Waals surface area contributed by atoms with Crippen molar-refractivity contribution in [2.75, 3.05) is 31.1 Å². The van der Waals surface area contributed by atoms with E-state index in [1.54, 1.807) is 17.0 Å². The maximum atomic E-state index is 13.5. The molecule has 2 aromatic heterocycles. The van der Waals surface area contributed by atoms with Crippen LogP contribution >= 0.6 is 11.3 Å². The molecule has 0 radical (unpaired) electrons. The van der Waals surface area contributed by atoms with E-state index in [2.05, 4.69) is 11.8 Å². The zero-order chi connectivity index (χ0) is 20.8. The number of hydrogen-bond acceptors (Lipinski definition) is 5. The Morgan fingerprint density at radius 3 is 2.77 bits per heavy atom. The number of thiophene rings is 1. The number of carbonyl (C=O) groups is 1. The number of aryl methyl sites for hydroxylation is 2. The van der Waals surface area contributed by atoms with Gasteiger partial charge in [-0.25, -0.2) is 14.4 Å². The molecule has 1 aliphatic heterocycles. The van der Waals surface area contributed by atoms with E-state index in [1.807, 2.05) is 18.3 Å². The minimum atomic E-state index is -0.380. The zero-order valence-electron chi connectivity index (χ0n) is 17.3. The van der Waals surface area contributed by atoms with Crippen molar-refractivity contribution in [3.63, 3.8) is 0 Å². The van der Waals surface area contributed by atoms with Crippen molar-refractivity contribution in [2.24, 2.45) is 5.92 Å². The van der Waals surface area contributed by atoms with E-state index in [-0.39, 0.29) is 11.7 Å². The molecule has 3 heterocycles. The predicted octanol–water partition coefficient (Wildman–Crippen LogP) is 4.23. The van der Waals surface area contributed by atoms with Crippen LogP contribution in [0.4, 0.5) is 10.2 Å². The lowest BCUT2D eigenvalue weighted by Gasteiger charge is -2.36. The average Bonchev–Trinajstić information content (AvgIpc) is 3.09. The van der Waals surface area contributed by atoms with Gasteiger partial charge in [-0.05, 0) is 55.9 Å². The molecule has 1 atom stereocenters. The molecule has 2 aliphatic rings. The molecule has 1 unspecified atom stereocenters. The van der Waals surface area contributed by atoms with Gasteiger partial charge in [0.15, 0.2) is 0 Å². The Morgan fingerprint density at radius 2 is 2.00 bits per heavy atom. The minimum Gasteiger partial charge on any atom is -0.352 e. The average molecular weight is 425 g/mol. The fourth-order valence-electron chi connectivity index (χ4n) is 4.58. The fourth-order valence-corrected chi connectivity index (χ4v) is 6.00. The third-order valence-electron chi connectivity index (χ3n) is 6.19. The van der Waals surface area contributed by atoms with E-state index in [0.29, 0.717) is 31.7 Å². The largest absolute Gasteiger partial charge is 0.352 e. The molecule has 1 saturated heterocycles. The molecule has 0 bridgehead atoms. The smallest absolute Gasteiger partial charge is 0.254 e. The van der Waals surface area contributed by atoms with Crippen LogP contribution in [0.15, 0.2) is 24.3 Å². The van der Waals surface area contributed by atoms with Gasteiger partial charge in [-0.3, -0.25) is 4.79 Å². The van der Waals surface area contributed by atoms with Gasteiger partial charge in [0.25, 0.3) is 5.91 Å². The molecule has 0 spiro atoms. The number of anilines is 1. The van der Waals surface area contributed by atoms with E-state index in [4.69, 9.17) is 9.97 Å². The second kappa shape index (κ2) is 7.61. The first-order chi connectivity index (χ1) is 14.5. The Morgan fingerprint density at radius 1 is 1.20 bits per heavy atom. The summed E-state index contributed by atoms with van der Waals surface area (Å²) in [4.78, 5) is 29.0. The summed E-state index contributed by atoms with van der Waals surface area (Å²) in [5.74, 6) is 2.04. The number of amides is 1. The highest BCUT2D eigenvalue weighted by atomic mass is 32.1. The lowest BCUT2D eigenvalue weighted by atomic mass is 9.89. The van der Waals surface area contributed by atoms with Crippen molar-refractivity contribution in [3.05, 3.63) is 51.9 Å². The summed E-state index contributed by atoms with van der Waals surface area (Å²) in [5, 5.41) is 1.22. The van der Waals surface area contributed by atoms with Gasteiger partial charge >= 0.3 is 0 Å². The number of piperazine rings is 1. The molecular weight excluding hydrogens is 399 g/mol. The molecular formula is C23H25FN4OS. The SMILES string of the molecule is Cc1nc(N2CCN(C(=O)c3cccc(F)c3)CC2)c2c3c(sc2n1)CC(C)CC3. The van der Waals surface area contributed by atoms with Gasteiger partial charge in [0.05, 0.1) is 5.39 Å². The van der Waals surface area contributed by atoms with Gasteiger partial charge in [-0.1, -0.05) is 13.0 Å². The van der Waals surface area contributed by atoms with Gasteiger partial charge in [0, 0.05) is 36.6 Å². The maximum absolute atomic E-state index is 13.5. The Balaban J connectivity index is 1.40. The summed E-state index contributed by atoms with van der Waals surface area (Å²) in [6, 6.07) is 5.93. The number of carbonyl (C=O) groups excluding carboxylic acids is 1. The van der Waals surface area contributed by atoms with Gasteiger partial charge < -0.3 is 9.80 Å². The summed E-state index contributed by atoms with van der Waals surface area (Å²) in [6.07, 6.45) is 3.43. The normalized spacial score (nSPS) is 19.2. The maximum Gasteiger partial charge on any atom is 0.254 e. The lowest BCUT2D eigenvalue weighted by molar-refractivity contribution is 0.0746. The number of rotatable bonds is 2. The summed E-state index contributed by atoms with van der Waals surface area (Å²) in [7, 11) is 0. The van der Waals surface area contributed by atoms with Crippen LogP contribution in [0.2, 0.25) is 0 Å². The highest BCUT2D eigenvalue weighted by molar-refractivity contribution is 7.19. The fraction of sp³-hybridized carbons (Fsp3) is 0.435. The Bertz CT molecular complexity index is 1120. The molecule has 1 fully saturated rings. The van der Waals surface area contributed by atoms with Crippen LogP contribution in [0.1, 0.15) is 40.0 Å². The molecule has 3 aromatic rings. The van der Waals surface area contributed by atoms with Gasteiger partial charge in [-0.2, -0.15) is 0 Å². The summed E-state index contributed by atoms with van der Waals surface area (Å²) in [5.41, 5.74) is 1.84. The van der Waals surface area contributed by atoms with Crippen molar-refractivity contribution in [3.8, 4) is 0 Å². The van der Waals surface area contributed by atoms with Crippen LogP contribution in [0, 0.1) is 18.7 Å². The monoisotopic (exact) mass is 424 g/mol. The van der Waals surface area contributed by atoms with Crippen LogP contribution in [-0.4, -0.2) is 47.0 Å². The van der Waals surface area contributed by atoms with Gasteiger partial charge in [0.1, 0.15) is 22.3 Å². The number of benzene rings is 1. The minimum absolute atomic E-state index is 0.111. The van der Waals surface area contributed by atoms with Crippen molar-refractivity contribution in [1.82, 2.24) is 14.9 Å². The van der Waals surface area contributed by atoms with Gasteiger partial charge in [0.2, 0.25) is 0 Å². The lowest BCUT2D eigenvalue weighted by Crippen LogP contribution is -2.49. The van der Waals surface area contributed by atoms with E-state index >= 15 is 0 Å². The van der Waals surface area contributed by atoms with Crippen LogP contribution in [0.5, 0.6) is 0 Å². The Labute approximate surface area is 179 Å². The Kier molecular flexibility index (Phi) is 4.93. The third-order valence-corrected chi connectivity index (χ3v) is 7.33. The van der Waals surface area contributed by atoms with E-state index in [1.165, 1.54) is 34.4 Å². The molecule has 30 heavy (non-hydrogen) atoms. The van der Waals surface area contributed by atoms with Crippen LogP contribution < -0.4 is 4.90 Å². The summed E-state index contributed by atoms with van der Waals surface area (Å²) in [6.45, 7) is 6.90. The topological polar surface area (TPSA) is 49.3 Å². The molecule has 1 amide bonds. The van der Waals surface area contributed by atoms with Crippen LogP contribution in [0.3, 0.4) is 0 Å². The number of fused-ring (bicyclic) bond motifs is 3. The molecule has 5 rings (SSSR count). The molecule has 0 N–H and O–H groups in total. The summed E-state index contributed by atoms with van der Waals surface area (Å²) < 4.78 is 13.5. The first kappa shape index (κ1) is 19.4. The zero-order valence-corrected chi connectivity index (χ0v) is 18.1. The van der Waals surface area contributed by atoms with Crippen LogP contribution in [-0.2, 0) is 12.8 Å². The number of nitrogens with zero attached hydrogens (tertiary/aromatic N) is 4. The third kappa shape index (κ3) is 3.45. The van der Waals surface area contributed by atoms with Crippen molar-refractivity contribution < 1.29 is 9.18 Å². The molecule has 1 aliphatic carbocycles. The second-order valence-corrected chi connectivity index (χ2v) is 9.50.